The van der Waals surface area contributed by atoms with Crippen LogP contribution in [0.15, 0.2) is 0 Å². The summed E-state index contributed by atoms with van der Waals surface area (Å²) in [6.45, 7) is 4.26. The molecule has 2 nitrogen and oxygen atoms in total. The molecule has 0 amide bonds. The molecule has 2 aliphatic rings. The highest BCUT2D eigenvalue weighted by atomic mass is 16.5. The third-order valence-electron chi connectivity index (χ3n) is 3.69. The van der Waals surface area contributed by atoms with E-state index in [2.05, 4.69) is 12.2 Å². The molecule has 82 valence electrons. The first-order valence-corrected chi connectivity index (χ1v) is 6.25. The highest BCUT2D eigenvalue weighted by Gasteiger charge is 2.29. The van der Waals surface area contributed by atoms with E-state index in [4.69, 9.17) is 4.74 Å². The fourth-order valence-electron chi connectivity index (χ4n) is 2.64. The van der Waals surface area contributed by atoms with E-state index in [9.17, 15) is 0 Å². The van der Waals surface area contributed by atoms with Gasteiger partial charge in [-0.05, 0) is 31.7 Å². The minimum absolute atomic E-state index is 0.510. The van der Waals surface area contributed by atoms with Crippen LogP contribution in [0.2, 0.25) is 0 Å². The van der Waals surface area contributed by atoms with Crippen LogP contribution in [0.1, 0.15) is 45.4 Å². The predicted molar refractivity (Wildman–Crippen MR) is 58.4 cm³/mol. The second-order valence-corrected chi connectivity index (χ2v) is 4.75. The minimum Gasteiger partial charge on any atom is -0.377 e. The lowest BCUT2D eigenvalue weighted by Gasteiger charge is -2.32. The molecule has 2 fully saturated rings. The van der Waals surface area contributed by atoms with Crippen molar-refractivity contribution in [2.45, 2.75) is 57.6 Å². The van der Waals surface area contributed by atoms with E-state index in [0.29, 0.717) is 12.1 Å². The Morgan fingerprint density at radius 2 is 2.14 bits per heavy atom. The summed E-state index contributed by atoms with van der Waals surface area (Å²) in [7, 11) is 0. The summed E-state index contributed by atoms with van der Waals surface area (Å²) in [5, 5.41) is 3.60. The van der Waals surface area contributed by atoms with Crippen LogP contribution in [0.5, 0.6) is 0 Å². The lowest BCUT2D eigenvalue weighted by atomic mass is 9.79. The Morgan fingerprint density at radius 3 is 2.64 bits per heavy atom. The second kappa shape index (κ2) is 5.13. The third-order valence-corrected chi connectivity index (χ3v) is 3.69. The largest absolute Gasteiger partial charge is 0.377 e. The average Bonchev–Trinajstić information content (AvgIpc) is 2.61. The van der Waals surface area contributed by atoms with Crippen LogP contribution in [-0.2, 0) is 4.74 Å². The molecule has 2 heteroatoms. The van der Waals surface area contributed by atoms with Gasteiger partial charge in [-0.2, -0.15) is 0 Å². The zero-order chi connectivity index (χ0) is 9.80. The molecule has 14 heavy (non-hydrogen) atoms. The lowest BCUT2D eigenvalue weighted by molar-refractivity contribution is 0.0643. The summed E-state index contributed by atoms with van der Waals surface area (Å²) in [4.78, 5) is 0. The van der Waals surface area contributed by atoms with E-state index in [0.717, 1.165) is 19.1 Å². The SMILES string of the molecule is CCNC(CC1CCC1)C1CCCO1. The number of likely N-dealkylation sites (N-methyl/N-ethyl adjacent to an activating group) is 1. The van der Waals surface area contributed by atoms with Gasteiger partial charge in [-0.1, -0.05) is 26.2 Å². The van der Waals surface area contributed by atoms with E-state index in [1.54, 1.807) is 0 Å². The van der Waals surface area contributed by atoms with Crippen molar-refractivity contribution in [3.8, 4) is 0 Å². The van der Waals surface area contributed by atoms with E-state index in [1.807, 2.05) is 0 Å². The molecule has 1 heterocycles. The number of ether oxygens (including phenoxy) is 1. The van der Waals surface area contributed by atoms with Gasteiger partial charge < -0.3 is 10.1 Å². The molecule has 0 bridgehead atoms. The lowest BCUT2D eigenvalue weighted by Crippen LogP contribution is -2.41. The third kappa shape index (κ3) is 2.48. The zero-order valence-electron chi connectivity index (χ0n) is 9.30. The first-order valence-electron chi connectivity index (χ1n) is 6.25. The highest BCUT2D eigenvalue weighted by molar-refractivity contribution is 4.84. The van der Waals surface area contributed by atoms with E-state index >= 15 is 0 Å². The summed E-state index contributed by atoms with van der Waals surface area (Å²) in [6.07, 6.45) is 8.74. The maximum absolute atomic E-state index is 5.77. The molecule has 1 N–H and O–H groups in total. The van der Waals surface area contributed by atoms with E-state index < -0.39 is 0 Å². The van der Waals surface area contributed by atoms with Crippen LogP contribution < -0.4 is 5.32 Å². The number of hydrogen-bond donors (Lipinski definition) is 1. The average molecular weight is 197 g/mol. The van der Waals surface area contributed by atoms with Crippen molar-refractivity contribution in [3.05, 3.63) is 0 Å². The Kier molecular flexibility index (Phi) is 3.82. The van der Waals surface area contributed by atoms with Crippen molar-refractivity contribution < 1.29 is 4.74 Å². The predicted octanol–water partition coefficient (Wildman–Crippen LogP) is 2.33. The van der Waals surface area contributed by atoms with Crippen LogP contribution >= 0.6 is 0 Å². The van der Waals surface area contributed by atoms with Crippen molar-refractivity contribution in [1.82, 2.24) is 5.32 Å². The summed E-state index contributed by atoms with van der Waals surface area (Å²) >= 11 is 0. The number of nitrogens with one attached hydrogen (secondary N) is 1. The molecule has 0 aromatic heterocycles. The summed E-state index contributed by atoms with van der Waals surface area (Å²) in [5.41, 5.74) is 0. The quantitative estimate of drug-likeness (QED) is 0.730. The Hall–Kier alpha value is -0.0800. The molecule has 2 atom stereocenters. The van der Waals surface area contributed by atoms with Crippen molar-refractivity contribution in [3.63, 3.8) is 0 Å². The maximum Gasteiger partial charge on any atom is 0.0728 e. The molecule has 1 aliphatic carbocycles. The van der Waals surface area contributed by atoms with Gasteiger partial charge in [0, 0.05) is 12.6 Å². The van der Waals surface area contributed by atoms with Crippen LogP contribution in [0.25, 0.3) is 0 Å². The molecule has 2 rings (SSSR count). The highest BCUT2D eigenvalue weighted by Crippen LogP contribution is 2.32. The molecule has 0 aromatic carbocycles. The molecular formula is C12H23NO. The number of hydrogen-bond acceptors (Lipinski definition) is 2. The number of rotatable bonds is 5. The van der Waals surface area contributed by atoms with Gasteiger partial charge in [0.2, 0.25) is 0 Å². The standard InChI is InChI=1S/C12H23NO/c1-2-13-11(9-10-5-3-6-10)12-7-4-8-14-12/h10-13H,2-9H2,1H3. The zero-order valence-corrected chi connectivity index (χ0v) is 9.30. The molecule has 2 unspecified atom stereocenters. The molecule has 0 aromatic rings. The molecule has 1 saturated carbocycles. The van der Waals surface area contributed by atoms with Crippen molar-refractivity contribution in [2.24, 2.45) is 5.92 Å². The topological polar surface area (TPSA) is 21.3 Å². The molecule has 0 spiro atoms. The first kappa shape index (κ1) is 10.4. The van der Waals surface area contributed by atoms with Gasteiger partial charge in [0.1, 0.15) is 0 Å². The fraction of sp³-hybridized carbons (Fsp3) is 1.00. The molecular weight excluding hydrogens is 174 g/mol. The van der Waals surface area contributed by atoms with Crippen molar-refractivity contribution >= 4 is 0 Å². The van der Waals surface area contributed by atoms with Gasteiger partial charge in [0.05, 0.1) is 6.10 Å². The molecule has 1 saturated heterocycles. The smallest absolute Gasteiger partial charge is 0.0728 e. The Labute approximate surface area is 87.4 Å². The van der Waals surface area contributed by atoms with Gasteiger partial charge in [-0.25, -0.2) is 0 Å². The Balaban J connectivity index is 1.78. The summed E-state index contributed by atoms with van der Waals surface area (Å²) in [5.74, 6) is 0.989. The summed E-state index contributed by atoms with van der Waals surface area (Å²) < 4.78 is 5.77. The van der Waals surface area contributed by atoms with Gasteiger partial charge in [0.15, 0.2) is 0 Å². The minimum atomic E-state index is 0.510. The van der Waals surface area contributed by atoms with Crippen molar-refractivity contribution in [2.75, 3.05) is 13.2 Å². The Morgan fingerprint density at radius 1 is 1.29 bits per heavy atom. The second-order valence-electron chi connectivity index (χ2n) is 4.75. The van der Waals surface area contributed by atoms with Crippen LogP contribution in [0.4, 0.5) is 0 Å². The van der Waals surface area contributed by atoms with E-state index in [-0.39, 0.29) is 0 Å². The Bertz CT molecular complexity index is 162. The van der Waals surface area contributed by atoms with Crippen LogP contribution in [-0.4, -0.2) is 25.3 Å². The molecule has 0 radical (unpaired) electrons. The maximum atomic E-state index is 5.77. The van der Waals surface area contributed by atoms with Gasteiger partial charge in [-0.3, -0.25) is 0 Å². The summed E-state index contributed by atoms with van der Waals surface area (Å²) in [6, 6.07) is 0.632. The van der Waals surface area contributed by atoms with E-state index in [1.165, 1.54) is 38.5 Å². The van der Waals surface area contributed by atoms with Crippen LogP contribution in [0.3, 0.4) is 0 Å². The van der Waals surface area contributed by atoms with Crippen molar-refractivity contribution in [1.29, 1.82) is 0 Å². The van der Waals surface area contributed by atoms with Gasteiger partial charge >= 0.3 is 0 Å². The normalized spacial score (nSPS) is 30.2. The monoisotopic (exact) mass is 197 g/mol. The van der Waals surface area contributed by atoms with Gasteiger partial charge in [0.25, 0.3) is 0 Å². The van der Waals surface area contributed by atoms with Gasteiger partial charge in [-0.15, -0.1) is 0 Å². The first-order chi connectivity index (χ1) is 6.90. The molecule has 1 aliphatic heterocycles. The fourth-order valence-corrected chi connectivity index (χ4v) is 2.64. The van der Waals surface area contributed by atoms with Crippen LogP contribution in [0, 0.1) is 5.92 Å².